The Morgan fingerprint density at radius 2 is 1.86 bits per heavy atom. The molecule has 0 aliphatic heterocycles. The quantitative estimate of drug-likeness (QED) is 0.329. The molecule has 5 rings (SSSR count). The number of methoxy groups -OCH3 is 1. The summed E-state index contributed by atoms with van der Waals surface area (Å²) in [6.07, 6.45) is 4.49. The zero-order chi connectivity index (χ0) is 19.6. The normalized spacial score (nSPS) is 13.6. The number of hydrogen-bond donors (Lipinski definition) is 0. The first-order valence-electron chi connectivity index (χ1n) is 9.66. The van der Waals surface area contributed by atoms with E-state index >= 15 is 0 Å². The predicted octanol–water partition coefficient (Wildman–Crippen LogP) is 6.31. The molecule has 2 aromatic carbocycles. The number of thiazole rings is 1. The van der Waals surface area contributed by atoms with Crippen LogP contribution < -0.4 is 4.74 Å². The molecule has 0 radical (unpaired) electrons. The lowest BCUT2D eigenvalue weighted by atomic mass is 10.2. The van der Waals surface area contributed by atoms with Gasteiger partial charge in [-0.1, -0.05) is 42.1 Å². The highest BCUT2D eigenvalue weighted by Gasteiger charge is 2.29. The van der Waals surface area contributed by atoms with Crippen LogP contribution in [-0.4, -0.2) is 21.6 Å². The Bertz CT molecular complexity index is 1100. The average Bonchev–Trinajstić information content (AvgIpc) is 3.35. The van der Waals surface area contributed by atoms with Gasteiger partial charge in [-0.05, 0) is 42.7 Å². The van der Waals surface area contributed by atoms with Gasteiger partial charge >= 0.3 is 0 Å². The van der Waals surface area contributed by atoms with E-state index in [1.165, 1.54) is 24.1 Å². The summed E-state index contributed by atoms with van der Waals surface area (Å²) in [5, 5.41) is 4.28. The van der Waals surface area contributed by atoms with E-state index in [0.29, 0.717) is 6.04 Å². The molecule has 146 valence electrons. The van der Waals surface area contributed by atoms with Gasteiger partial charge in [0.1, 0.15) is 10.8 Å². The molecule has 1 aliphatic carbocycles. The molecule has 6 heteroatoms. The molecule has 1 saturated carbocycles. The fraction of sp³-hybridized carbons (Fsp3) is 0.217. The van der Waals surface area contributed by atoms with Crippen molar-refractivity contribution in [2.24, 2.45) is 0 Å². The molecule has 0 amide bonds. The second kappa shape index (κ2) is 8.05. The Morgan fingerprint density at radius 3 is 2.59 bits per heavy atom. The zero-order valence-electron chi connectivity index (χ0n) is 16.1. The maximum Gasteiger partial charge on any atom is 0.169 e. The first kappa shape index (κ1) is 18.5. The number of imidazole rings is 1. The van der Waals surface area contributed by atoms with E-state index < -0.39 is 0 Å². The third kappa shape index (κ3) is 3.95. The zero-order valence-corrected chi connectivity index (χ0v) is 17.7. The minimum atomic E-state index is 0.584. The van der Waals surface area contributed by atoms with Crippen molar-refractivity contribution in [1.29, 1.82) is 0 Å². The maximum absolute atomic E-state index is 5.24. The van der Waals surface area contributed by atoms with Crippen LogP contribution in [0.5, 0.6) is 5.75 Å². The Morgan fingerprint density at radius 1 is 1.07 bits per heavy atom. The van der Waals surface area contributed by atoms with Gasteiger partial charge in [0.2, 0.25) is 0 Å². The van der Waals surface area contributed by atoms with Crippen LogP contribution in [-0.2, 0) is 5.75 Å². The second-order valence-electron chi connectivity index (χ2n) is 7.05. The SMILES string of the molecule is COc1ccc(-c2nc(CSc3ncc(-c4ccccc4)n3C3CC3)cs2)cc1. The minimum absolute atomic E-state index is 0.584. The molecule has 2 aromatic heterocycles. The fourth-order valence-corrected chi connectivity index (χ4v) is 5.21. The molecular formula is C23H21N3OS2. The summed E-state index contributed by atoms with van der Waals surface area (Å²) < 4.78 is 7.65. The molecule has 0 N–H and O–H groups in total. The number of thioether (sulfide) groups is 1. The van der Waals surface area contributed by atoms with Gasteiger partial charge in [-0.2, -0.15) is 0 Å². The molecule has 0 unspecified atom stereocenters. The fourth-order valence-electron chi connectivity index (χ4n) is 3.34. The van der Waals surface area contributed by atoms with Crippen LogP contribution in [0.3, 0.4) is 0 Å². The Balaban J connectivity index is 1.33. The van der Waals surface area contributed by atoms with Crippen molar-refractivity contribution in [2.45, 2.75) is 29.8 Å². The maximum atomic E-state index is 5.24. The molecule has 4 nitrogen and oxygen atoms in total. The Kier molecular flexibility index (Phi) is 5.12. The summed E-state index contributed by atoms with van der Waals surface area (Å²) in [5.41, 5.74) is 4.66. The number of nitrogens with zero attached hydrogens (tertiary/aromatic N) is 3. The molecule has 1 aliphatic rings. The summed E-state index contributed by atoms with van der Waals surface area (Å²) in [4.78, 5) is 9.57. The van der Waals surface area contributed by atoms with E-state index in [1.54, 1.807) is 30.2 Å². The van der Waals surface area contributed by atoms with Crippen LogP contribution in [0, 0.1) is 0 Å². The van der Waals surface area contributed by atoms with Gasteiger partial charge in [-0.25, -0.2) is 9.97 Å². The largest absolute Gasteiger partial charge is 0.497 e. The van der Waals surface area contributed by atoms with Crippen molar-refractivity contribution in [1.82, 2.24) is 14.5 Å². The predicted molar refractivity (Wildman–Crippen MR) is 120 cm³/mol. The molecule has 0 spiro atoms. The lowest BCUT2D eigenvalue weighted by Gasteiger charge is -2.10. The first-order chi connectivity index (χ1) is 14.3. The van der Waals surface area contributed by atoms with Gasteiger partial charge in [-0.15, -0.1) is 11.3 Å². The second-order valence-corrected chi connectivity index (χ2v) is 8.85. The van der Waals surface area contributed by atoms with Crippen LogP contribution in [0.2, 0.25) is 0 Å². The topological polar surface area (TPSA) is 39.9 Å². The Labute approximate surface area is 178 Å². The van der Waals surface area contributed by atoms with E-state index in [-0.39, 0.29) is 0 Å². The highest BCUT2D eigenvalue weighted by molar-refractivity contribution is 7.98. The summed E-state index contributed by atoms with van der Waals surface area (Å²) in [7, 11) is 1.68. The lowest BCUT2D eigenvalue weighted by molar-refractivity contribution is 0.415. The molecular weight excluding hydrogens is 398 g/mol. The van der Waals surface area contributed by atoms with Crippen LogP contribution in [0.4, 0.5) is 0 Å². The van der Waals surface area contributed by atoms with E-state index in [9.17, 15) is 0 Å². The van der Waals surface area contributed by atoms with Crippen molar-refractivity contribution in [3.05, 3.63) is 71.9 Å². The van der Waals surface area contributed by atoms with Gasteiger partial charge in [-0.3, -0.25) is 0 Å². The average molecular weight is 420 g/mol. The van der Waals surface area contributed by atoms with Gasteiger partial charge < -0.3 is 9.30 Å². The van der Waals surface area contributed by atoms with Crippen molar-refractivity contribution in [3.8, 4) is 27.6 Å². The third-order valence-corrected chi connectivity index (χ3v) is 6.92. The smallest absolute Gasteiger partial charge is 0.169 e. The standard InChI is InChI=1S/C23H21N3OS2/c1-27-20-11-7-17(8-12-20)22-25-18(14-28-22)15-29-23-24-13-21(26(23)19-9-10-19)16-5-3-2-4-6-16/h2-8,11-14,19H,9-10,15H2,1H3. The molecule has 29 heavy (non-hydrogen) atoms. The number of ether oxygens (including phenoxy) is 1. The van der Waals surface area contributed by atoms with E-state index in [0.717, 1.165) is 32.9 Å². The van der Waals surface area contributed by atoms with Gasteiger partial charge in [0.05, 0.1) is 24.7 Å². The first-order valence-corrected chi connectivity index (χ1v) is 11.5. The van der Waals surface area contributed by atoms with Crippen LogP contribution >= 0.6 is 23.1 Å². The van der Waals surface area contributed by atoms with E-state index in [4.69, 9.17) is 14.7 Å². The highest BCUT2D eigenvalue weighted by atomic mass is 32.2. The van der Waals surface area contributed by atoms with Crippen molar-refractivity contribution < 1.29 is 4.74 Å². The van der Waals surface area contributed by atoms with Crippen molar-refractivity contribution >= 4 is 23.1 Å². The summed E-state index contributed by atoms with van der Waals surface area (Å²) in [5.74, 6) is 1.69. The number of hydrogen-bond acceptors (Lipinski definition) is 5. The van der Waals surface area contributed by atoms with Gasteiger partial charge in [0.25, 0.3) is 0 Å². The summed E-state index contributed by atoms with van der Waals surface area (Å²) in [6.45, 7) is 0. The van der Waals surface area contributed by atoms with Gasteiger partial charge in [0, 0.05) is 22.7 Å². The molecule has 1 fully saturated rings. The molecule has 0 bridgehead atoms. The highest BCUT2D eigenvalue weighted by Crippen LogP contribution is 2.42. The van der Waals surface area contributed by atoms with Crippen molar-refractivity contribution in [2.75, 3.05) is 7.11 Å². The molecule has 2 heterocycles. The number of aromatic nitrogens is 3. The van der Waals surface area contributed by atoms with Gasteiger partial charge in [0.15, 0.2) is 5.16 Å². The van der Waals surface area contributed by atoms with Crippen LogP contribution in [0.25, 0.3) is 21.8 Å². The third-order valence-electron chi connectivity index (χ3n) is 4.98. The number of benzene rings is 2. The summed E-state index contributed by atoms with van der Waals surface area (Å²) >= 11 is 3.46. The van der Waals surface area contributed by atoms with E-state index in [2.05, 4.69) is 52.4 Å². The van der Waals surface area contributed by atoms with Crippen molar-refractivity contribution in [3.63, 3.8) is 0 Å². The molecule has 4 aromatic rings. The van der Waals surface area contributed by atoms with Crippen LogP contribution in [0.15, 0.2) is 71.3 Å². The molecule has 0 atom stereocenters. The van der Waals surface area contributed by atoms with Crippen LogP contribution in [0.1, 0.15) is 24.6 Å². The van der Waals surface area contributed by atoms with E-state index in [1.807, 2.05) is 18.3 Å². The number of rotatable bonds is 7. The molecule has 0 saturated heterocycles. The minimum Gasteiger partial charge on any atom is -0.497 e. The summed E-state index contributed by atoms with van der Waals surface area (Å²) in [6, 6.07) is 19.2. The lowest BCUT2D eigenvalue weighted by Crippen LogP contribution is -1.99. The monoisotopic (exact) mass is 419 g/mol. The Hall–Kier alpha value is -2.57.